The van der Waals surface area contributed by atoms with Gasteiger partial charge in [-0.15, -0.1) is 0 Å². The van der Waals surface area contributed by atoms with Crippen LogP contribution in [0.2, 0.25) is 0 Å². The lowest BCUT2D eigenvalue weighted by Crippen LogP contribution is -2.40. The normalized spacial score (nSPS) is 16.9. The van der Waals surface area contributed by atoms with Gasteiger partial charge in [-0.05, 0) is 5.16 Å². The molecule has 0 bridgehead atoms. The highest BCUT2D eigenvalue weighted by Crippen LogP contribution is 2.20. The Labute approximate surface area is 78.4 Å². The molecule has 14 heavy (non-hydrogen) atoms. The van der Waals surface area contributed by atoms with Crippen LogP contribution in [-0.2, 0) is 0 Å². The van der Waals surface area contributed by atoms with Crippen LogP contribution in [0.5, 0.6) is 0 Å². The number of rotatable bonds is 2. The van der Waals surface area contributed by atoms with E-state index in [-0.39, 0.29) is 0 Å². The molecule has 72 valence electrons. The standard InChI is InChI=1S/C7H7N5O2/c1-4(2-8-1)6-10-7(13-12-6)5-3-9-14-11-5/h3-4,8H,1-2H2. The maximum atomic E-state index is 5.01. The van der Waals surface area contributed by atoms with E-state index in [1.165, 1.54) is 6.20 Å². The lowest BCUT2D eigenvalue weighted by atomic mass is 10.0. The van der Waals surface area contributed by atoms with Gasteiger partial charge in [-0.3, -0.25) is 0 Å². The minimum absolute atomic E-state index is 0.354. The molecule has 7 nitrogen and oxygen atoms in total. The van der Waals surface area contributed by atoms with Crippen LogP contribution < -0.4 is 5.32 Å². The Morgan fingerprint density at radius 3 is 2.93 bits per heavy atom. The first-order valence-corrected chi connectivity index (χ1v) is 4.26. The van der Waals surface area contributed by atoms with Crippen LogP contribution in [0, 0.1) is 0 Å². The van der Waals surface area contributed by atoms with Crippen molar-refractivity contribution >= 4 is 0 Å². The molecule has 1 N–H and O–H groups in total. The second-order valence-electron chi connectivity index (χ2n) is 3.11. The average Bonchev–Trinajstić information content (AvgIpc) is 2.65. The fourth-order valence-electron chi connectivity index (χ4n) is 1.23. The molecule has 7 heteroatoms. The van der Waals surface area contributed by atoms with Crippen LogP contribution >= 0.6 is 0 Å². The predicted molar refractivity (Wildman–Crippen MR) is 43.2 cm³/mol. The van der Waals surface area contributed by atoms with Crippen molar-refractivity contribution in [2.45, 2.75) is 5.92 Å². The highest BCUT2D eigenvalue weighted by Gasteiger charge is 2.25. The zero-order chi connectivity index (χ0) is 9.38. The monoisotopic (exact) mass is 193 g/mol. The molecule has 2 aromatic heterocycles. The molecule has 1 fully saturated rings. The molecule has 1 aliphatic heterocycles. The van der Waals surface area contributed by atoms with E-state index < -0.39 is 0 Å². The molecule has 3 heterocycles. The van der Waals surface area contributed by atoms with Gasteiger partial charge in [-0.25, -0.2) is 4.63 Å². The van der Waals surface area contributed by atoms with Gasteiger partial charge in [0.05, 0.1) is 0 Å². The molecule has 0 atom stereocenters. The summed E-state index contributed by atoms with van der Waals surface area (Å²) in [6.07, 6.45) is 1.44. The quantitative estimate of drug-likeness (QED) is 0.706. The minimum atomic E-state index is 0.354. The molecule has 0 saturated carbocycles. The summed E-state index contributed by atoms with van der Waals surface area (Å²) in [5.41, 5.74) is 0.469. The van der Waals surface area contributed by atoms with Crippen molar-refractivity contribution in [1.82, 2.24) is 25.8 Å². The number of nitrogens with one attached hydrogen (secondary N) is 1. The summed E-state index contributed by atoms with van der Waals surface area (Å²) in [7, 11) is 0. The summed E-state index contributed by atoms with van der Waals surface area (Å²) in [6.45, 7) is 1.80. The maximum Gasteiger partial charge on any atom is 0.281 e. The van der Waals surface area contributed by atoms with Gasteiger partial charge >= 0.3 is 0 Å². The third kappa shape index (κ3) is 1.10. The molecule has 0 amide bonds. The first-order chi connectivity index (χ1) is 6.93. The number of aromatic nitrogens is 4. The molecule has 1 saturated heterocycles. The molecule has 0 aliphatic carbocycles. The van der Waals surface area contributed by atoms with Crippen LogP contribution in [0.4, 0.5) is 0 Å². The summed E-state index contributed by atoms with van der Waals surface area (Å²) in [6, 6.07) is 0. The van der Waals surface area contributed by atoms with Crippen molar-refractivity contribution in [2.24, 2.45) is 0 Å². The fourth-order valence-corrected chi connectivity index (χ4v) is 1.23. The van der Waals surface area contributed by atoms with E-state index in [1.54, 1.807) is 0 Å². The molecule has 0 spiro atoms. The maximum absolute atomic E-state index is 5.01. The molecule has 0 unspecified atom stereocenters. The van der Waals surface area contributed by atoms with Gasteiger partial charge in [0.15, 0.2) is 11.5 Å². The van der Waals surface area contributed by atoms with Crippen LogP contribution in [0.25, 0.3) is 11.6 Å². The summed E-state index contributed by atoms with van der Waals surface area (Å²) in [5.74, 6) is 1.42. The van der Waals surface area contributed by atoms with Crippen molar-refractivity contribution in [1.29, 1.82) is 0 Å². The van der Waals surface area contributed by atoms with Crippen LogP contribution in [-0.4, -0.2) is 33.5 Å². The second kappa shape index (κ2) is 2.88. The lowest BCUT2D eigenvalue weighted by Gasteiger charge is -2.23. The van der Waals surface area contributed by atoms with Gasteiger partial charge in [0, 0.05) is 19.0 Å². The van der Waals surface area contributed by atoms with E-state index >= 15 is 0 Å². The SMILES string of the molecule is c1nonc1-c1nc(C2CNC2)no1. The fraction of sp³-hybridized carbons (Fsp3) is 0.429. The van der Waals surface area contributed by atoms with Crippen molar-refractivity contribution < 1.29 is 9.15 Å². The Kier molecular flexibility index (Phi) is 1.57. The van der Waals surface area contributed by atoms with Crippen LogP contribution in [0.1, 0.15) is 11.7 Å². The Balaban J connectivity index is 1.90. The molecule has 0 aromatic carbocycles. The Bertz CT molecular complexity index is 419. The number of hydrogen-bond donors (Lipinski definition) is 1. The smallest absolute Gasteiger partial charge is 0.281 e. The van der Waals surface area contributed by atoms with E-state index in [4.69, 9.17) is 4.52 Å². The third-order valence-electron chi connectivity index (χ3n) is 2.17. The first-order valence-electron chi connectivity index (χ1n) is 4.26. The molecule has 3 rings (SSSR count). The van der Waals surface area contributed by atoms with E-state index in [0.29, 0.717) is 23.3 Å². The van der Waals surface area contributed by atoms with Gasteiger partial charge in [0.1, 0.15) is 6.20 Å². The number of hydrogen-bond acceptors (Lipinski definition) is 7. The zero-order valence-electron chi connectivity index (χ0n) is 7.17. The second-order valence-corrected chi connectivity index (χ2v) is 3.11. The van der Waals surface area contributed by atoms with Crippen molar-refractivity contribution in [2.75, 3.05) is 13.1 Å². The summed E-state index contributed by atoms with van der Waals surface area (Å²) in [5, 5.41) is 14.1. The molecule has 0 radical (unpaired) electrons. The van der Waals surface area contributed by atoms with Gasteiger partial charge in [0.2, 0.25) is 0 Å². The number of nitrogens with zero attached hydrogens (tertiary/aromatic N) is 4. The van der Waals surface area contributed by atoms with Crippen LogP contribution in [0.3, 0.4) is 0 Å². The topological polar surface area (TPSA) is 89.9 Å². The average molecular weight is 193 g/mol. The Morgan fingerprint density at radius 1 is 1.36 bits per heavy atom. The Hall–Kier alpha value is -1.76. The molecule has 1 aliphatic rings. The van der Waals surface area contributed by atoms with Crippen molar-refractivity contribution in [3.8, 4) is 11.6 Å². The van der Waals surface area contributed by atoms with E-state index in [0.717, 1.165) is 13.1 Å². The minimum Gasteiger partial charge on any atom is -0.332 e. The summed E-state index contributed by atoms with van der Waals surface area (Å²) >= 11 is 0. The van der Waals surface area contributed by atoms with E-state index in [1.807, 2.05) is 0 Å². The molecular weight excluding hydrogens is 186 g/mol. The van der Waals surface area contributed by atoms with Crippen molar-refractivity contribution in [3.05, 3.63) is 12.0 Å². The Morgan fingerprint density at radius 2 is 2.29 bits per heavy atom. The van der Waals surface area contributed by atoms with Gasteiger partial charge in [-0.2, -0.15) is 4.98 Å². The molecular formula is C7H7N5O2. The zero-order valence-corrected chi connectivity index (χ0v) is 7.17. The predicted octanol–water partition coefficient (Wildman–Crippen LogP) is -0.194. The largest absolute Gasteiger partial charge is 0.332 e. The van der Waals surface area contributed by atoms with E-state index in [9.17, 15) is 0 Å². The summed E-state index contributed by atoms with van der Waals surface area (Å²) < 4.78 is 9.45. The van der Waals surface area contributed by atoms with Crippen LogP contribution in [0.15, 0.2) is 15.3 Å². The molecule has 2 aromatic rings. The lowest BCUT2D eigenvalue weighted by molar-refractivity contribution is 0.306. The summed E-state index contributed by atoms with van der Waals surface area (Å²) in [4.78, 5) is 4.19. The van der Waals surface area contributed by atoms with E-state index in [2.05, 4.69) is 30.4 Å². The van der Waals surface area contributed by atoms with Gasteiger partial charge < -0.3 is 9.84 Å². The van der Waals surface area contributed by atoms with Gasteiger partial charge in [-0.1, -0.05) is 10.3 Å². The third-order valence-corrected chi connectivity index (χ3v) is 2.17. The highest BCUT2D eigenvalue weighted by atomic mass is 16.6. The van der Waals surface area contributed by atoms with Gasteiger partial charge in [0.25, 0.3) is 5.89 Å². The first kappa shape index (κ1) is 7.63. The highest BCUT2D eigenvalue weighted by molar-refractivity contribution is 5.42. The van der Waals surface area contributed by atoms with Crippen molar-refractivity contribution in [3.63, 3.8) is 0 Å².